The average Bonchev–Trinajstić information content (AvgIpc) is 3.48. The molecule has 140 valence electrons. The number of benzene rings is 2. The van der Waals surface area contributed by atoms with Crippen molar-refractivity contribution in [3.8, 4) is 46.3 Å². The summed E-state index contributed by atoms with van der Waals surface area (Å²) >= 11 is 0. The molecule has 4 aromatic rings. The van der Waals surface area contributed by atoms with Crippen LogP contribution in [-0.2, 0) is 4.74 Å². The van der Waals surface area contributed by atoms with E-state index in [1.807, 2.05) is 60.7 Å². The molecule has 0 fully saturated rings. The summed E-state index contributed by atoms with van der Waals surface area (Å²) in [5, 5.41) is 7.49. The van der Waals surface area contributed by atoms with E-state index in [4.69, 9.17) is 13.8 Å². The first-order valence-corrected chi connectivity index (χ1v) is 8.97. The Hall–Kier alpha value is -4.06. The van der Waals surface area contributed by atoms with Gasteiger partial charge < -0.3 is 13.8 Å². The Morgan fingerprint density at radius 1 is 0.655 bits per heavy atom. The summed E-state index contributed by atoms with van der Waals surface area (Å²) in [5.74, 6) is 13.6. The molecule has 0 unspecified atom stereocenters. The quantitative estimate of drug-likeness (QED) is 0.387. The maximum absolute atomic E-state index is 5.52. The van der Waals surface area contributed by atoms with Crippen molar-refractivity contribution >= 4 is 0 Å². The van der Waals surface area contributed by atoms with Crippen molar-refractivity contribution in [2.75, 3.05) is 13.2 Å². The van der Waals surface area contributed by atoms with Gasteiger partial charge in [-0.15, -0.1) is 0 Å². The summed E-state index contributed by atoms with van der Waals surface area (Å²) in [5.41, 5.74) is 3.53. The van der Waals surface area contributed by atoms with Crippen molar-refractivity contribution < 1.29 is 13.8 Å². The summed E-state index contributed by atoms with van der Waals surface area (Å²) < 4.78 is 16.0. The molecule has 2 aromatic heterocycles. The van der Waals surface area contributed by atoms with Gasteiger partial charge in [-0.3, -0.25) is 0 Å². The molecule has 29 heavy (non-hydrogen) atoms. The molecule has 2 heterocycles. The van der Waals surface area contributed by atoms with Crippen molar-refractivity contribution in [1.29, 1.82) is 0 Å². The van der Waals surface area contributed by atoms with Crippen molar-refractivity contribution in [3.63, 3.8) is 0 Å². The first kappa shape index (κ1) is 18.3. The highest BCUT2D eigenvalue weighted by molar-refractivity contribution is 5.67. The molecule has 5 heteroatoms. The molecule has 0 amide bonds. The third-order valence-corrected chi connectivity index (χ3v) is 4.06. The van der Waals surface area contributed by atoms with Crippen molar-refractivity contribution in [3.05, 3.63) is 84.2 Å². The van der Waals surface area contributed by atoms with Crippen LogP contribution in [0.3, 0.4) is 0 Å². The molecule has 0 saturated heterocycles. The normalized spacial score (nSPS) is 9.93. The Balaban J connectivity index is 1.36. The van der Waals surface area contributed by atoms with Gasteiger partial charge in [0.2, 0.25) is 0 Å². The second-order valence-corrected chi connectivity index (χ2v) is 5.94. The predicted molar refractivity (Wildman–Crippen MR) is 108 cm³/mol. The number of ether oxygens (including phenoxy) is 1. The maximum atomic E-state index is 5.52. The van der Waals surface area contributed by atoms with Gasteiger partial charge in [0.15, 0.2) is 11.5 Å². The molecule has 0 bridgehead atoms. The molecular formula is C24H16N2O3. The molecule has 4 rings (SSSR count). The fraction of sp³-hybridized carbons (Fsp3) is 0.0833. The Bertz CT molecular complexity index is 1090. The van der Waals surface area contributed by atoms with Crippen LogP contribution in [0.1, 0.15) is 11.1 Å². The van der Waals surface area contributed by atoms with Crippen LogP contribution in [-0.4, -0.2) is 23.5 Å². The van der Waals surface area contributed by atoms with Gasteiger partial charge in [-0.05, 0) is 24.3 Å². The SMILES string of the molecule is C(#Cc1ccccc1-c1ccno1)COCC#Cc1ccccc1-c1ccno1. The minimum atomic E-state index is 0.281. The molecule has 0 N–H and O–H groups in total. The van der Waals surface area contributed by atoms with Crippen LogP contribution in [0, 0.1) is 23.7 Å². The van der Waals surface area contributed by atoms with Crippen LogP contribution in [0.4, 0.5) is 0 Å². The minimum Gasteiger partial charge on any atom is -0.356 e. The zero-order valence-corrected chi connectivity index (χ0v) is 15.5. The molecule has 0 radical (unpaired) electrons. The summed E-state index contributed by atoms with van der Waals surface area (Å²) in [6.45, 7) is 0.562. The standard InChI is InChI=1S/C24H16N2O3/c1-3-11-21(23-13-15-25-28-23)19(7-1)9-5-17-27-18-6-10-20-8-2-4-12-22(20)24-14-16-26-29-24/h1-4,7-8,11-16H,17-18H2. The van der Waals surface area contributed by atoms with E-state index in [1.54, 1.807) is 12.4 Å². The highest BCUT2D eigenvalue weighted by atomic mass is 16.5. The Morgan fingerprint density at radius 3 is 1.59 bits per heavy atom. The molecule has 0 aliphatic heterocycles. The fourth-order valence-corrected chi connectivity index (χ4v) is 2.74. The van der Waals surface area contributed by atoms with Gasteiger partial charge in [-0.2, -0.15) is 0 Å². The second-order valence-electron chi connectivity index (χ2n) is 5.94. The highest BCUT2D eigenvalue weighted by Crippen LogP contribution is 2.23. The van der Waals surface area contributed by atoms with E-state index in [0.717, 1.165) is 22.3 Å². The van der Waals surface area contributed by atoms with Crippen LogP contribution in [0.2, 0.25) is 0 Å². The number of hydrogen-bond acceptors (Lipinski definition) is 5. The van der Waals surface area contributed by atoms with E-state index in [2.05, 4.69) is 34.0 Å². The van der Waals surface area contributed by atoms with Gasteiger partial charge in [-0.25, -0.2) is 0 Å². The zero-order valence-electron chi connectivity index (χ0n) is 15.5. The number of hydrogen-bond donors (Lipinski definition) is 0. The van der Waals surface area contributed by atoms with Gasteiger partial charge in [0.05, 0.1) is 12.4 Å². The maximum Gasteiger partial charge on any atom is 0.168 e. The predicted octanol–water partition coefficient (Wildman–Crippen LogP) is 4.42. The lowest BCUT2D eigenvalue weighted by molar-refractivity contribution is 0.204. The van der Waals surface area contributed by atoms with Crippen LogP contribution in [0.25, 0.3) is 22.6 Å². The number of nitrogens with zero attached hydrogens (tertiary/aromatic N) is 2. The second kappa shape index (κ2) is 9.23. The molecule has 2 aromatic carbocycles. The fourth-order valence-electron chi connectivity index (χ4n) is 2.74. The first-order chi connectivity index (χ1) is 14.4. The van der Waals surface area contributed by atoms with E-state index in [0.29, 0.717) is 11.5 Å². The molecule has 0 atom stereocenters. The zero-order chi connectivity index (χ0) is 19.7. The topological polar surface area (TPSA) is 61.3 Å². The Kier molecular flexibility index (Phi) is 5.83. The van der Waals surface area contributed by atoms with E-state index in [-0.39, 0.29) is 13.2 Å². The molecule has 0 aliphatic rings. The third kappa shape index (κ3) is 4.62. The summed E-state index contributed by atoms with van der Waals surface area (Å²) in [7, 11) is 0. The number of aromatic nitrogens is 2. The summed E-state index contributed by atoms with van der Waals surface area (Å²) in [4.78, 5) is 0. The smallest absolute Gasteiger partial charge is 0.168 e. The minimum absolute atomic E-state index is 0.281. The first-order valence-electron chi connectivity index (χ1n) is 8.97. The summed E-state index contributed by atoms with van der Waals surface area (Å²) in [6.07, 6.45) is 3.23. The lowest BCUT2D eigenvalue weighted by Crippen LogP contribution is -1.92. The van der Waals surface area contributed by atoms with Gasteiger partial charge in [0.25, 0.3) is 0 Å². The van der Waals surface area contributed by atoms with Crippen LogP contribution in [0.15, 0.2) is 82.1 Å². The van der Waals surface area contributed by atoms with Gasteiger partial charge in [-0.1, -0.05) is 58.3 Å². The van der Waals surface area contributed by atoms with Crippen molar-refractivity contribution in [1.82, 2.24) is 10.3 Å². The lowest BCUT2D eigenvalue weighted by atomic mass is 10.1. The van der Waals surface area contributed by atoms with E-state index < -0.39 is 0 Å². The largest absolute Gasteiger partial charge is 0.356 e. The van der Waals surface area contributed by atoms with Gasteiger partial charge in [0, 0.05) is 34.4 Å². The van der Waals surface area contributed by atoms with Gasteiger partial charge >= 0.3 is 0 Å². The average molecular weight is 380 g/mol. The molecule has 5 nitrogen and oxygen atoms in total. The lowest BCUT2D eigenvalue weighted by Gasteiger charge is -1.99. The monoisotopic (exact) mass is 380 g/mol. The molecule has 0 saturated carbocycles. The van der Waals surface area contributed by atoms with Crippen LogP contribution in [0.5, 0.6) is 0 Å². The van der Waals surface area contributed by atoms with Crippen molar-refractivity contribution in [2.24, 2.45) is 0 Å². The third-order valence-electron chi connectivity index (χ3n) is 4.06. The molecule has 0 aliphatic carbocycles. The highest BCUT2D eigenvalue weighted by Gasteiger charge is 2.06. The Labute approximate surface area is 168 Å². The van der Waals surface area contributed by atoms with E-state index in [1.165, 1.54) is 0 Å². The van der Waals surface area contributed by atoms with Crippen LogP contribution < -0.4 is 0 Å². The number of rotatable bonds is 4. The van der Waals surface area contributed by atoms with Crippen molar-refractivity contribution in [2.45, 2.75) is 0 Å². The Morgan fingerprint density at radius 2 is 1.14 bits per heavy atom. The molecule has 0 spiro atoms. The van der Waals surface area contributed by atoms with E-state index in [9.17, 15) is 0 Å². The van der Waals surface area contributed by atoms with Crippen LogP contribution >= 0.6 is 0 Å². The van der Waals surface area contributed by atoms with Gasteiger partial charge in [0.1, 0.15) is 13.2 Å². The molecular weight excluding hydrogens is 364 g/mol. The summed E-state index contributed by atoms with van der Waals surface area (Å²) in [6, 6.07) is 19.1. The van der Waals surface area contributed by atoms with E-state index >= 15 is 0 Å².